The molecule has 2 unspecified atom stereocenters. The minimum absolute atomic E-state index is 0.0453. The SMILES string of the molecule is CC(C)CC1(C)OC1C#CCO. The molecule has 0 amide bonds. The molecule has 1 saturated heterocycles. The van der Waals surface area contributed by atoms with E-state index in [4.69, 9.17) is 9.84 Å². The summed E-state index contributed by atoms with van der Waals surface area (Å²) in [6, 6.07) is 0. The lowest BCUT2D eigenvalue weighted by Crippen LogP contribution is -2.12. The first-order valence-corrected chi connectivity index (χ1v) is 4.35. The van der Waals surface area contributed by atoms with Crippen LogP contribution in [-0.4, -0.2) is 23.4 Å². The number of aliphatic hydroxyl groups is 1. The largest absolute Gasteiger partial charge is 0.384 e. The van der Waals surface area contributed by atoms with E-state index in [0.29, 0.717) is 5.92 Å². The molecule has 1 rings (SSSR count). The standard InChI is InChI=1S/C10H16O2/c1-8(2)7-10(3)9(12-10)5-4-6-11/h8-9,11H,6-7H2,1-3H3. The highest BCUT2D eigenvalue weighted by atomic mass is 16.6. The second kappa shape index (κ2) is 3.47. The van der Waals surface area contributed by atoms with Gasteiger partial charge in [-0.1, -0.05) is 25.7 Å². The van der Waals surface area contributed by atoms with Crippen LogP contribution in [0.5, 0.6) is 0 Å². The predicted molar refractivity (Wildman–Crippen MR) is 47.6 cm³/mol. The van der Waals surface area contributed by atoms with Gasteiger partial charge in [0.15, 0.2) is 0 Å². The first-order valence-electron chi connectivity index (χ1n) is 4.35. The summed E-state index contributed by atoms with van der Waals surface area (Å²) in [6.07, 6.45) is 1.09. The fourth-order valence-electron chi connectivity index (χ4n) is 1.52. The lowest BCUT2D eigenvalue weighted by Gasteiger charge is -2.07. The van der Waals surface area contributed by atoms with Gasteiger partial charge in [0.1, 0.15) is 18.3 Å². The van der Waals surface area contributed by atoms with Crippen molar-refractivity contribution >= 4 is 0 Å². The Kier molecular flexibility index (Phi) is 2.76. The molecule has 2 nitrogen and oxygen atoms in total. The summed E-state index contributed by atoms with van der Waals surface area (Å²) in [7, 11) is 0. The van der Waals surface area contributed by atoms with E-state index in [2.05, 4.69) is 32.6 Å². The Morgan fingerprint density at radius 2 is 2.25 bits per heavy atom. The van der Waals surface area contributed by atoms with E-state index < -0.39 is 0 Å². The molecule has 68 valence electrons. The lowest BCUT2D eigenvalue weighted by atomic mass is 9.96. The van der Waals surface area contributed by atoms with Crippen molar-refractivity contribution in [2.45, 2.75) is 38.9 Å². The van der Waals surface area contributed by atoms with E-state index in [1.54, 1.807) is 0 Å². The average Bonchev–Trinajstić information content (AvgIpc) is 2.55. The monoisotopic (exact) mass is 168 g/mol. The molecule has 0 aromatic carbocycles. The zero-order valence-corrected chi connectivity index (χ0v) is 7.92. The van der Waals surface area contributed by atoms with Crippen molar-refractivity contribution in [1.82, 2.24) is 0 Å². The fraction of sp³-hybridized carbons (Fsp3) is 0.800. The first kappa shape index (κ1) is 9.57. The van der Waals surface area contributed by atoms with E-state index >= 15 is 0 Å². The third-order valence-electron chi connectivity index (χ3n) is 2.01. The molecule has 1 N–H and O–H groups in total. The molecule has 1 aliphatic rings. The van der Waals surface area contributed by atoms with Crippen LogP contribution in [0.2, 0.25) is 0 Å². The zero-order chi connectivity index (χ0) is 9.19. The number of hydrogen-bond donors (Lipinski definition) is 1. The smallest absolute Gasteiger partial charge is 0.147 e. The van der Waals surface area contributed by atoms with Crippen LogP contribution in [0.1, 0.15) is 27.2 Å². The highest BCUT2D eigenvalue weighted by molar-refractivity contribution is 5.19. The van der Waals surface area contributed by atoms with Crippen molar-refractivity contribution in [3.8, 4) is 11.8 Å². The Labute approximate surface area is 73.9 Å². The average molecular weight is 168 g/mol. The van der Waals surface area contributed by atoms with Crippen LogP contribution in [-0.2, 0) is 4.74 Å². The van der Waals surface area contributed by atoms with Gasteiger partial charge in [0, 0.05) is 0 Å². The maximum absolute atomic E-state index is 8.47. The third kappa shape index (κ3) is 2.23. The van der Waals surface area contributed by atoms with E-state index in [0.717, 1.165) is 6.42 Å². The van der Waals surface area contributed by atoms with E-state index in [1.165, 1.54) is 0 Å². The zero-order valence-electron chi connectivity index (χ0n) is 7.92. The lowest BCUT2D eigenvalue weighted by molar-refractivity contribution is 0.280. The molecule has 1 fully saturated rings. The Balaban J connectivity index is 2.37. The summed E-state index contributed by atoms with van der Waals surface area (Å²) < 4.78 is 5.43. The molecule has 0 aliphatic carbocycles. The quantitative estimate of drug-likeness (QED) is 0.496. The molecular formula is C10H16O2. The molecule has 1 aliphatic heterocycles. The van der Waals surface area contributed by atoms with E-state index in [-0.39, 0.29) is 18.3 Å². The molecule has 0 radical (unpaired) electrons. The van der Waals surface area contributed by atoms with Gasteiger partial charge in [-0.05, 0) is 19.3 Å². The number of rotatable bonds is 2. The van der Waals surface area contributed by atoms with Gasteiger partial charge in [0.05, 0.1) is 0 Å². The van der Waals surface area contributed by atoms with Gasteiger partial charge in [-0.15, -0.1) is 0 Å². The summed E-state index contributed by atoms with van der Waals surface area (Å²) in [5.74, 6) is 6.13. The van der Waals surface area contributed by atoms with Gasteiger partial charge in [-0.3, -0.25) is 0 Å². The van der Waals surface area contributed by atoms with Gasteiger partial charge in [-0.25, -0.2) is 0 Å². The number of aliphatic hydroxyl groups excluding tert-OH is 1. The summed E-state index contributed by atoms with van der Waals surface area (Å²) in [5, 5.41) is 8.47. The van der Waals surface area contributed by atoms with Crippen molar-refractivity contribution < 1.29 is 9.84 Å². The molecule has 12 heavy (non-hydrogen) atoms. The summed E-state index contributed by atoms with van der Waals surface area (Å²) in [5.41, 5.74) is -0.0453. The molecular weight excluding hydrogens is 152 g/mol. The second-order valence-corrected chi connectivity index (χ2v) is 3.89. The first-order chi connectivity index (χ1) is 5.58. The van der Waals surface area contributed by atoms with Gasteiger partial charge < -0.3 is 9.84 Å². The van der Waals surface area contributed by atoms with Crippen LogP contribution in [0.3, 0.4) is 0 Å². The molecule has 2 heteroatoms. The molecule has 0 aromatic heterocycles. The van der Waals surface area contributed by atoms with Crippen LogP contribution in [0.15, 0.2) is 0 Å². The molecule has 1 heterocycles. The number of hydrogen-bond acceptors (Lipinski definition) is 2. The summed E-state index contributed by atoms with van der Waals surface area (Å²) in [6.45, 7) is 6.34. The fourth-order valence-corrected chi connectivity index (χ4v) is 1.52. The van der Waals surface area contributed by atoms with Crippen LogP contribution >= 0.6 is 0 Å². The van der Waals surface area contributed by atoms with Crippen molar-refractivity contribution in [3.05, 3.63) is 0 Å². The molecule has 0 spiro atoms. The maximum Gasteiger partial charge on any atom is 0.147 e. The van der Waals surface area contributed by atoms with Crippen molar-refractivity contribution in [1.29, 1.82) is 0 Å². The van der Waals surface area contributed by atoms with E-state index in [1.807, 2.05) is 0 Å². The van der Waals surface area contributed by atoms with Crippen molar-refractivity contribution in [2.24, 2.45) is 5.92 Å². The highest BCUT2D eigenvalue weighted by Crippen LogP contribution is 2.40. The predicted octanol–water partition coefficient (Wildman–Crippen LogP) is 1.19. The van der Waals surface area contributed by atoms with Crippen LogP contribution in [0.4, 0.5) is 0 Å². The minimum Gasteiger partial charge on any atom is -0.384 e. The normalized spacial score (nSPS) is 32.9. The summed E-state index contributed by atoms with van der Waals surface area (Å²) in [4.78, 5) is 0. The molecule has 0 bridgehead atoms. The third-order valence-corrected chi connectivity index (χ3v) is 2.01. The molecule has 0 saturated carbocycles. The van der Waals surface area contributed by atoms with Gasteiger partial charge >= 0.3 is 0 Å². The minimum atomic E-state index is -0.0718. The summed E-state index contributed by atoms with van der Waals surface area (Å²) >= 11 is 0. The van der Waals surface area contributed by atoms with Crippen LogP contribution in [0.25, 0.3) is 0 Å². The molecule has 2 atom stereocenters. The Hall–Kier alpha value is -0.520. The van der Waals surface area contributed by atoms with E-state index in [9.17, 15) is 0 Å². The van der Waals surface area contributed by atoms with Crippen LogP contribution in [0, 0.1) is 17.8 Å². The Morgan fingerprint density at radius 3 is 2.75 bits per heavy atom. The number of ether oxygens (including phenoxy) is 1. The Bertz CT molecular complexity index is 212. The Morgan fingerprint density at radius 1 is 1.58 bits per heavy atom. The number of epoxide rings is 1. The van der Waals surface area contributed by atoms with Gasteiger partial charge in [-0.2, -0.15) is 0 Å². The van der Waals surface area contributed by atoms with Crippen molar-refractivity contribution in [3.63, 3.8) is 0 Å². The van der Waals surface area contributed by atoms with Gasteiger partial charge in [0.25, 0.3) is 0 Å². The van der Waals surface area contributed by atoms with Crippen LogP contribution < -0.4 is 0 Å². The van der Waals surface area contributed by atoms with Gasteiger partial charge in [0.2, 0.25) is 0 Å². The van der Waals surface area contributed by atoms with Crippen molar-refractivity contribution in [2.75, 3.05) is 6.61 Å². The molecule has 0 aromatic rings. The topological polar surface area (TPSA) is 32.8 Å². The second-order valence-electron chi connectivity index (χ2n) is 3.89. The highest BCUT2D eigenvalue weighted by Gasteiger charge is 2.51. The maximum atomic E-state index is 8.47.